The summed E-state index contributed by atoms with van der Waals surface area (Å²) in [5.41, 5.74) is 0. The van der Waals surface area contributed by atoms with Crippen LogP contribution in [0.4, 0.5) is 0 Å². The molecule has 2 nitrogen and oxygen atoms in total. The van der Waals surface area contributed by atoms with Crippen LogP contribution in [0.3, 0.4) is 0 Å². The van der Waals surface area contributed by atoms with E-state index in [1.165, 1.54) is 6.04 Å². The monoisotopic (exact) mass is 268 g/mol. The van der Waals surface area contributed by atoms with Crippen LogP contribution < -0.4 is 0 Å². The second-order valence-electron chi connectivity index (χ2n) is 5.32. The van der Waals surface area contributed by atoms with E-state index in [-0.39, 0.29) is 9.76 Å². The summed E-state index contributed by atoms with van der Waals surface area (Å²) in [7, 11) is -1.51. The van der Waals surface area contributed by atoms with Gasteiger partial charge < -0.3 is 8.23 Å². The Labute approximate surface area is 97.5 Å². The summed E-state index contributed by atoms with van der Waals surface area (Å²) >= 11 is 0. The molecule has 0 saturated heterocycles. The van der Waals surface area contributed by atoms with Gasteiger partial charge in [0.25, 0.3) is 0 Å². The van der Waals surface area contributed by atoms with Crippen molar-refractivity contribution in [3.05, 3.63) is 0 Å². The fourth-order valence-electron chi connectivity index (χ4n) is 1.12. The average Bonchev–Trinajstić information content (AvgIpc) is 1.81. The van der Waals surface area contributed by atoms with Crippen molar-refractivity contribution in [1.29, 1.82) is 0 Å². The Hall–Kier alpha value is 0.788. The van der Waals surface area contributed by atoms with E-state index in [0.29, 0.717) is 0 Å². The zero-order valence-electron chi connectivity index (χ0n) is 11.2. The van der Waals surface area contributed by atoms with Crippen LogP contribution in [0.5, 0.6) is 0 Å². The highest BCUT2D eigenvalue weighted by Crippen LogP contribution is 2.12. The Balaban J connectivity index is 0. The quantitative estimate of drug-likeness (QED) is 0.719. The van der Waals surface area contributed by atoms with E-state index in [9.17, 15) is 0 Å². The summed E-state index contributed by atoms with van der Waals surface area (Å²) in [5.74, 6) is 0. The van der Waals surface area contributed by atoms with E-state index in [4.69, 9.17) is 8.23 Å². The van der Waals surface area contributed by atoms with Gasteiger partial charge in [-0.15, -0.1) is 0 Å². The molecular weight excluding hydrogens is 240 g/mol. The van der Waals surface area contributed by atoms with Gasteiger partial charge in [0.2, 0.25) is 0 Å². The molecule has 0 aromatic rings. The largest absolute Gasteiger partial charge is 0.468 e. The third-order valence-electron chi connectivity index (χ3n) is 1.02. The lowest BCUT2D eigenvalue weighted by atomic mass is 11.0. The molecule has 0 aromatic heterocycles. The molecule has 14 heavy (non-hydrogen) atoms. The third-order valence-corrected chi connectivity index (χ3v) is 7.96. The first-order valence-electron chi connectivity index (χ1n) is 5.31. The van der Waals surface area contributed by atoms with E-state index in [1.807, 2.05) is 0 Å². The first kappa shape index (κ1) is 17.2. The van der Waals surface area contributed by atoms with Crippen molar-refractivity contribution in [2.45, 2.75) is 52.2 Å². The lowest BCUT2D eigenvalue weighted by Gasteiger charge is -2.27. The van der Waals surface area contributed by atoms with E-state index in [1.54, 1.807) is 0 Å². The molecule has 0 N–H and O–H groups in total. The predicted molar refractivity (Wildman–Crippen MR) is 77.8 cm³/mol. The molecule has 88 valence electrons. The van der Waals surface area contributed by atoms with Gasteiger partial charge >= 0.3 is 0 Å². The Morgan fingerprint density at radius 2 is 1.36 bits per heavy atom. The predicted octanol–water partition coefficient (Wildman–Crippen LogP) is 1.48. The molecule has 0 saturated carbocycles. The highest BCUT2D eigenvalue weighted by atomic mass is 28.4. The summed E-state index contributed by atoms with van der Waals surface area (Å²) in [4.78, 5) is 0. The number of hydrogen-bond acceptors (Lipinski definition) is 2. The summed E-state index contributed by atoms with van der Waals surface area (Å²) in [6.45, 7) is 15.6. The first-order chi connectivity index (χ1) is 6.12. The molecule has 0 atom stereocenters. The normalized spacial score (nSPS) is 13.1. The molecule has 0 spiro atoms. The maximum atomic E-state index is 5.90. The third kappa shape index (κ3) is 23.0. The van der Waals surface area contributed by atoms with Crippen LogP contribution in [-0.4, -0.2) is 36.9 Å². The Bertz CT molecular complexity index is 114. The minimum Gasteiger partial charge on any atom is -0.468 e. The topological polar surface area (TPSA) is 18.5 Å². The van der Waals surface area contributed by atoms with Crippen LogP contribution in [-0.2, 0) is 8.23 Å². The highest BCUT2D eigenvalue weighted by molar-refractivity contribution is 6.83. The number of rotatable bonds is 4. The Morgan fingerprint density at radius 3 is 1.36 bits per heavy atom. The lowest BCUT2D eigenvalue weighted by molar-refractivity contribution is 0.559. The molecule has 0 rings (SSSR count). The van der Waals surface area contributed by atoms with Crippen LogP contribution in [0.1, 0.15) is 6.92 Å². The molecule has 0 aliphatic carbocycles. The molecule has 0 amide bonds. The summed E-state index contributed by atoms with van der Waals surface area (Å²) in [5, 5.41) is 0. The fraction of sp³-hybridized carbons (Fsp3) is 1.00. The second-order valence-corrected chi connectivity index (χ2v) is 18.3. The van der Waals surface area contributed by atoms with E-state index in [0.717, 1.165) is 10.5 Å². The SMILES string of the molecule is CC[SiH2]O[SiH3].C[Si](C)(C)O[Si](C)(C)C. The molecule has 0 fully saturated rings. The van der Waals surface area contributed by atoms with Crippen molar-refractivity contribution in [3.8, 4) is 0 Å². The van der Waals surface area contributed by atoms with Gasteiger partial charge in [-0.1, -0.05) is 6.92 Å². The summed E-state index contributed by atoms with van der Waals surface area (Å²) in [6, 6.07) is 1.30. The van der Waals surface area contributed by atoms with Crippen molar-refractivity contribution in [2.24, 2.45) is 0 Å². The standard InChI is InChI=1S/C6H18OSi2.C2H10OSi2/c1-8(2,3)7-9(4,5)6;1-2-5-3-4/h1-6H3;2,5H2,1,4H3. The number of hydrogen-bond donors (Lipinski definition) is 0. The summed E-state index contributed by atoms with van der Waals surface area (Å²) < 4.78 is 10.9. The van der Waals surface area contributed by atoms with Crippen molar-refractivity contribution < 1.29 is 8.23 Å². The van der Waals surface area contributed by atoms with Crippen LogP contribution in [0.2, 0.25) is 45.3 Å². The van der Waals surface area contributed by atoms with Gasteiger partial charge in [0.1, 0.15) is 20.2 Å². The Morgan fingerprint density at radius 1 is 1.00 bits per heavy atom. The maximum absolute atomic E-state index is 5.90. The summed E-state index contributed by atoms with van der Waals surface area (Å²) in [6.07, 6.45) is 0. The molecule has 0 bridgehead atoms. The molecule has 0 aliphatic rings. The highest BCUT2D eigenvalue weighted by Gasteiger charge is 2.24. The van der Waals surface area contributed by atoms with Crippen molar-refractivity contribution in [1.82, 2.24) is 0 Å². The van der Waals surface area contributed by atoms with Gasteiger partial charge in [-0.05, 0) is 45.3 Å². The van der Waals surface area contributed by atoms with Crippen LogP contribution in [0.15, 0.2) is 0 Å². The van der Waals surface area contributed by atoms with E-state index < -0.39 is 16.6 Å². The minimum absolute atomic E-state index is 0.00617. The second kappa shape index (κ2) is 8.00. The lowest BCUT2D eigenvalue weighted by Crippen LogP contribution is -2.39. The van der Waals surface area contributed by atoms with Crippen molar-refractivity contribution >= 4 is 36.9 Å². The minimum atomic E-state index is -1.23. The molecule has 6 heteroatoms. The molecule has 0 heterocycles. The molecule has 0 aliphatic heterocycles. The molecule has 0 radical (unpaired) electrons. The average molecular weight is 269 g/mol. The van der Waals surface area contributed by atoms with E-state index in [2.05, 4.69) is 46.2 Å². The van der Waals surface area contributed by atoms with Gasteiger partial charge in [-0.3, -0.25) is 0 Å². The smallest absolute Gasteiger partial charge is 0.170 e. The van der Waals surface area contributed by atoms with Gasteiger partial charge in [0.05, 0.1) is 0 Å². The van der Waals surface area contributed by atoms with Gasteiger partial charge in [-0.2, -0.15) is 0 Å². The van der Waals surface area contributed by atoms with Crippen LogP contribution >= 0.6 is 0 Å². The fourth-order valence-corrected chi connectivity index (χ4v) is 10.1. The maximum Gasteiger partial charge on any atom is 0.170 e. The van der Waals surface area contributed by atoms with Crippen LogP contribution in [0, 0.1) is 0 Å². The van der Waals surface area contributed by atoms with Gasteiger partial charge in [0.15, 0.2) is 16.6 Å². The zero-order valence-corrected chi connectivity index (χ0v) is 16.6. The molecular formula is C8H28O2Si4. The molecule has 0 unspecified atom stereocenters. The first-order valence-corrected chi connectivity index (χ1v) is 14.5. The Kier molecular flexibility index (Phi) is 9.82. The van der Waals surface area contributed by atoms with Gasteiger partial charge in [-0.25, -0.2) is 0 Å². The van der Waals surface area contributed by atoms with Crippen molar-refractivity contribution in [3.63, 3.8) is 0 Å². The van der Waals surface area contributed by atoms with Crippen LogP contribution in [0.25, 0.3) is 0 Å². The van der Waals surface area contributed by atoms with Gasteiger partial charge in [0, 0.05) is 0 Å². The molecule has 0 aromatic carbocycles. The zero-order chi connectivity index (χ0) is 11.8. The van der Waals surface area contributed by atoms with Crippen molar-refractivity contribution in [2.75, 3.05) is 0 Å². The van der Waals surface area contributed by atoms with E-state index >= 15 is 0 Å².